The van der Waals surface area contributed by atoms with Gasteiger partial charge in [0.2, 0.25) is 0 Å². The van der Waals surface area contributed by atoms with Gasteiger partial charge in [-0.1, -0.05) is 56.3 Å². The third kappa shape index (κ3) is 5.10. The highest BCUT2D eigenvalue weighted by Crippen LogP contribution is 2.48. The van der Waals surface area contributed by atoms with Crippen LogP contribution in [0.25, 0.3) is 10.9 Å². The third-order valence-corrected chi connectivity index (χ3v) is 6.88. The first-order valence-corrected chi connectivity index (χ1v) is 12.7. The van der Waals surface area contributed by atoms with Crippen molar-refractivity contribution in [2.75, 3.05) is 17.2 Å². The highest BCUT2D eigenvalue weighted by molar-refractivity contribution is 5.99. The molecule has 2 N–H and O–H groups in total. The summed E-state index contributed by atoms with van der Waals surface area (Å²) in [6.07, 6.45) is 1.22. The van der Waals surface area contributed by atoms with E-state index < -0.39 is 18.0 Å². The summed E-state index contributed by atoms with van der Waals surface area (Å²) < 4.78 is 28.8. The van der Waals surface area contributed by atoms with E-state index >= 15 is 0 Å². The first-order chi connectivity index (χ1) is 18.6. The Labute approximate surface area is 225 Å². The lowest BCUT2D eigenvalue weighted by molar-refractivity contribution is 0.0593. The molecule has 0 unspecified atom stereocenters. The summed E-state index contributed by atoms with van der Waals surface area (Å²) in [5.74, 6) is 0. The highest BCUT2D eigenvalue weighted by atomic mass is 19.3. The van der Waals surface area contributed by atoms with Gasteiger partial charge in [0.1, 0.15) is 23.4 Å². The number of halogens is 2. The molecule has 1 saturated carbocycles. The Hall–Kier alpha value is -4.57. The van der Waals surface area contributed by atoms with Crippen LogP contribution in [0.2, 0.25) is 0 Å². The first kappa shape index (κ1) is 26.1. The number of aromatic nitrogens is 4. The molecule has 10 heteroatoms. The Morgan fingerprint density at radius 1 is 1.08 bits per heavy atom. The van der Waals surface area contributed by atoms with Crippen LogP contribution in [0.15, 0.2) is 54.9 Å². The summed E-state index contributed by atoms with van der Waals surface area (Å²) in [5, 5.41) is 35.5. The number of fused-ring (bicyclic) bond motifs is 1. The molecular formula is C29H28F2N8. The van der Waals surface area contributed by atoms with Gasteiger partial charge in [-0.25, -0.2) is 13.5 Å². The normalized spacial score (nSPS) is 15.0. The second-order valence-corrected chi connectivity index (χ2v) is 11.1. The van der Waals surface area contributed by atoms with Gasteiger partial charge in [-0.15, -0.1) is 5.10 Å². The summed E-state index contributed by atoms with van der Waals surface area (Å²) in [6, 6.07) is 16.9. The fraction of sp³-hybridized carbons (Fsp3) is 0.345. The lowest BCUT2D eigenvalue weighted by atomic mass is 9.96. The molecule has 1 aliphatic carbocycles. The molecule has 39 heavy (non-hydrogen) atoms. The number of nitrogens with zero attached hydrogens (tertiary/aromatic N) is 6. The largest absolute Gasteiger partial charge is 0.383 e. The van der Waals surface area contributed by atoms with Crippen LogP contribution < -0.4 is 10.6 Å². The minimum atomic E-state index is -2.53. The highest BCUT2D eigenvalue weighted by Gasteiger charge is 2.54. The Morgan fingerprint density at radius 2 is 1.79 bits per heavy atom. The number of benzene rings is 2. The van der Waals surface area contributed by atoms with Crippen LogP contribution in [0.1, 0.15) is 62.0 Å². The van der Waals surface area contributed by atoms with Gasteiger partial charge in [0.25, 0.3) is 6.43 Å². The molecule has 1 fully saturated rings. The number of anilines is 2. The molecule has 2 heterocycles. The molecule has 0 radical (unpaired) electrons. The summed E-state index contributed by atoms with van der Waals surface area (Å²) in [6.45, 7) is 6.85. The number of nitrogens with one attached hydrogen (secondary N) is 2. The van der Waals surface area contributed by atoms with Crippen LogP contribution in [0.5, 0.6) is 0 Å². The van der Waals surface area contributed by atoms with Gasteiger partial charge in [-0.2, -0.15) is 10.5 Å². The fourth-order valence-corrected chi connectivity index (χ4v) is 4.54. The quantitative estimate of drug-likeness (QED) is 0.290. The van der Waals surface area contributed by atoms with Crippen molar-refractivity contribution >= 4 is 22.3 Å². The topological polar surface area (TPSA) is 115 Å². The second kappa shape index (κ2) is 9.95. The van der Waals surface area contributed by atoms with Gasteiger partial charge in [-0.05, 0) is 36.0 Å². The van der Waals surface area contributed by atoms with Gasteiger partial charge in [0, 0.05) is 23.8 Å². The number of nitriles is 2. The maximum absolute atomic E-state index is 13.7. The van der Waals surface area contributed by atoms with Crippen molar-refractivity contribution in [2.45, 2.75) is 51.6 Å². The van der Waals surface area contributed by atoms with Crippen LogP contribution in [0.3, 0.4) is 0 Å². The van der Waals surface area contributed by atoms with E-state index in [4.69, 9.17) is 0 Å². The molecule has 0 saturated heterocycles. The fourth-order valence-electron chi connectivity index (χ4n) is 4.54. The zero-order valence-electron chi connectivity index (χ0n) is 21.9. The van der Waals surface area contributed by atoms with Crippen LogP contribution in [0, 0.1) is 28.1 Å². The molecule has 1 atom stereocenters. The molecule has 0 bridgehead atoms. The van der Waals surface area contributed by atoms with Crippen molar-refractivity contribution in [3.63, 3.8) is 0 Å². The van der Waals surface area contributed by atoms with Crippen LogP contribution in [0.4, 0.5) is 20.2 Å². The average Bonchev–Trinajstić information content (AvgIpc) is 3.60. The molecular weight excluding hydrogens is 498 g/mol. The average molecular weight is 527 g/mol. The number of hydrogen-bond acceptors (Lipinski definition) is 7. The van der Waals surface area contributed by atoms with Crippen LogP contribution in [-0.4, -0.2) is 32.9 Å². The van der Waals surface area contributed by atoms with Crippen molar-refractivity contribution in [1.82, 2.24) is 20.0 Å². The van der Waals surface area contributed by atoms with E-state index in [2.05, 4.69) is 58.8 Å². The Balaban J connectivity index is 1.60. The van der Waals surface area contributed by atoms with Crippen molar-refractivity contribution in [2.24, 2.45) is 5.41 Å². The Kier molecular flexibility index (Phi) is 6.65. The molecule has 0 aliphatic heterocycles. The predicted octanol–water partition coefficient (Wildman–Crippen LogP) is 5.98. The third-order valence-electron chi connectivity index (χ3n) is 6.88. The smallest absolute Gasteiger partial charge is 0.263 e. The minimum absolute atomic E-state index is 0.0579. The molecule has 4 aromatic rings. The van der Waals surface area contributed by atoms with Gasteiger partial charge in [-0.3, -0.25) is 4.98 Å². The Bertz CT molecular complexity index is 1590. The van der Waals surface area contributed by atoms with Crippen molar-refractivity contribution < 1.29 is 8.78 Å². The zero-order valence-corrected chi connectivity index (χ0v) is 21.9. The van der Waals surface area contributed by atoms with E-state index in [9.17, 15) is 19.3 Å². The molecule has 2 aromatic heterocycles. The molecule has 1 aliphatic rings. The molecule has 8 nitrogen and oxygen atoms in total. The predicted molar refractivity (Wildman–Crippen MR) is 144 cm³/mol. The monoisotopic (exact) mass is 526 g/mol. The van der Waals surface area contributed by atoms with Gasteiger partial charge < -0.3 is 10.6 Å². The van der Waals surface area contributed by atoms with Gasteiger partial charge in [0.15, 0.2) is 0 Å². The standard InChI is InChI=1S/C29H28F2N8/c1-28(2,3)17-35-25-20(14-33)15-34-24-19(13-32)11-21(12-22(24)25)36-26(18-7-5-4-6-8-18)23-16-39(38-37-23)29(9-10-29)27(30)31/h4-8,11-12,15-16,26-27,36H,9-10,17H2,1-3H3,(H,34,35)/t26-/m0/s1. The minimum Gasteiger partial charge on any atom is -0.383 e. The van der Waals surface area contributed by atoms with Crippen LogP contribution in [-0.2, 0) is 5.54 Å². The molecule has 2 aromatic carbocycles. The van der Waals surface area contributed by atoms with E-state index in [0.29, 0.717) is 58.5 Å². The van der Waals surface area contributed by atoms with Crippen molar-refractivity contribution in [3.05, 3.63) is 77.2 Å². The molecule has 198 valence electrons. The summed E-state index contributed by atoms with van der Waals surface area (Å²) in [5.41, 5.74) is 2.35. The van der Waals surface area contributed by atoms with E-state index in [1.54, 1.807) is 12.3 Å². The number of alkyl halides is 2. The number of pyridine rings is 1. The second-order valence-electron chi connectivity index (χ2n) is 11.1. The van der Waals surface area contributed by atoms with Crippen molar-refractivity contribution in [3.8, 4) is 12.1 Å². The zero-order chi connectivity index (χ0) is 27.8. The molecule has 0 amide bonds. The lowest BCUT2D eigenvalue weighted by Gasteiger charge is -2.22. The van der Waals surface area contributed by atoms with E-state index in [-0.39, 0.29) is 5.41 Å². The number of hydrogen-bond donors (Lipinski definition) is 2. The maximum atomic E-state index is 13.7. The molecule has 5 rings (SSSR count). The summed E-state index contributed by atoms with van der Waals surface area (Å²) in [7, 11) is 0. The van der Waals surface area contributed by atoms with Gasteiger partial charge >= 0.3 is 0 Å². The van der Waals surface area contributed by atoms with Gasteiger partial charge in [0.05, 0.1) is 34.6 Å². The SMILES string of the molecule is CC(C)(C)CNc1c(C#N)cnc2c(C#N)cc(N[C@@H](c3ccccc3)c3cn(C4(C(F)F)CC4)nn3)cc12. The van der Waals surface area contributed by atoms with E-state index in [0.717, 1.165) is 5.56 Å². The molecule has 0 spiro atoms. The summed E-state index contributed by atoms with van der Waals surface area (Å²) in [4.78, 5) is 4.41. The lowest BCUT2D eigenvalue weighted by Crippen LogP contribution is -2.26. The van der Waals surface area contributed by atoms with E-state index in [1.165, 1.54) is 10.9 Å². The Morgan fingerprint density at radius 3 is 2.41 bits per heavy atom. The summed E-state index contributed by atoms with van der Waals surface area (Å²) >= 11 is 0. The first-order valence-electron chi connectivity index (χ1n) is 12.7. The number of rotatable bonds is 8. The maximum Gasteiger partial charge on any atom is 0.263 e. The van der Waals surface area contributed by atoms with E-state index in [1.807, 2.05) is 36.4 Å². The van der Waals surface area contributed by atoms with Crippen LogP contribution >= 0.6 is 0 Å². The van der Waals surface area contributed by atoms with Crippen molar-refractivity contribution in [1.29, 1.82) is 10.5 Å².